The van der Waals surface area contributed by atoms with Gasteiger partial charge in [0, 0.05) is 17.5 Å². The number of rotatable bonds is 1. The molecule has 2 N–H and O–H groups in total. The third-order valence-corrected chi connectivity index (χ3v) is 4.52. The number of benzene rings is 2. The SMILES string of the molecule is O=C(O)[C@@H]1Nc2ccc3ccccc3c2[C@H]2C=CC[C@H]21. The predicted octanol–water partition coefficient (Wildman–Crippen LogP) is 3.38. The van der Waals surface area contributed by atoms with Gasteiger partial charge in [-0.1, -0.05) is 42.5 Å². The van der Waals surface area contributed by atoms with E-state index in [-0.39, 0.29) is 11.8 Å². The zero-order valence-electron chi connectivity index (χ0n) is 10.9. The number of hydrogen-bond donors (Lipinski definition) is 2. The molecule has 4 rings (SSSR count). The largest absolute Gasteiger partial charge is 0.480 e. The highest BCUT2D eigenvalue weighted by molar-refractivity contribution is 5.93. The Hall–Kier alpha value is -2.29. The first-order valence-electron chi connectivity index (χ1n) is 6.93. The first kappa shape index (κ1) is 11.5. The van der Waals surface area contributed by atoms with Crippen LogP contribution in [0.25, 0.3) is 10.8 Å². The molecule has 0 fully saturated rings. The lowest BCUT2D eigenvalue weighted by Crippen LogP contribution is -2.41. The Morgan fingerprint density at radius 2 is 2.05 bits per heavy atom. The molecule has 2 aromatic carbocycles. The van der Waals surface area contributed by atoms with Crippen molar-refractivity contribution in [3.8, 4) is 0 Å². The number of carbonyl (C=O) groups is 1. The van der Waals surface area contributed by atoms with E-state index in [4.69, 9.17) is 0 Å². The lowest BCUT2D eigenvalue weighted by molar-refractivity contribution is -0.139. The van der Waals surface area contributed by atoms with Crippen LogP contribution in [-0.2, 0) is 4.79 Å². The molecule has 100 valence electrons. The van der Waals surface area contributed by atoms with Crippen LogP contribution in [0.4, 0.5) is 5.69 Å². The molecule has 3 nitrogen and oxygen atoms in total. The number of hydrogen-bond acceptors (Lipinski definition) is 2. The molecule has 0 saturated heterocycles. The molecule has 2 aliphatic rings. The lowest BCUT2D eigenvalue weighted by atomic mass is 9.77. The number of aliphatic carboxylic acids is 1. The zero-order chi connectivity index (χ0) is 13.7. The minimum absolute atomic E-state index is 0.116. The Balaban J connectivity index is 1.97. The van der Waals surface area contributed by atoms with Gasteiger partial charge in [-0.2, -0.15) is 0 Å². The van der Waals surface area contributed by atoms with E-state index in [9.17, 15) is 9.90 Å². The van der Waals surface area contributed by atoms with E-state index < -0.39 is 12.0 Å². The van der Waals surface area contributed by atoms with E-state index in [1.54, 1.807) is 0 Å². The molecule has 0 saturated carbocycles. The maximum atomic E-state index is 11.5. The van der Waals surface area contributed by atoms with E-state index in [0.717, 1.165) is 12.1 Å². The van der Waals surface area contributed by atoms with Crippen molar-refractivity contribution in [2.24, 2.45) is 5.92 Å². The van der Waals surface area contributed by atoms with E-state index in [1.807, 2.05) is 18.2 Å². The molecule has 0 radical (unpaired) electrons. The molecule has 20 heavy (non-hydrogen) atoms. The Kier molecular flexibility index (Phi) is 2.36. The minimum atomic E-state index is -0.762. The van der Waals surface area contributed by atoms with Crippen molar-refractivity contribution in [3.63, 3.8) is 0 Å². The fourth-order valence-corrected chi connectivity index (χ4v) is 3.63. The Bertz CT molecular complexity index is 735. The molecule has 0 amide bonds. The maximum absolute atomic E-state index is 11.5. The Labute approximate surface area is 116 Å². The summed E-state index contributed by atoms with van der Waals surface area (Å²) in [6.07, 6.45) is 5.12. The fourth-order valence-electron chi connectivity index (χ4n) is 3.63. The second-order valence-electron chi connectivity index (χ2n) is 5.56. The average molecular weight is 265 g/mol. The fraction of sp³-hybridized carbons (Fsp3) is 0.235. The van der Waals surface area contributed by atoms with Gasteiger partial charge in [0.25, 0.3) is 0 Å². The van der Waals surface area contributed by atoms with Gasteiger partial charge in [0.05, 0.1) is 0 Å². The van der Waals surface area contributed by atoms with Crippen LogP contribution in [0, 0.1) is 5.92 Å². The normalized spacial score (nSPS) is 26.9. The van der Waals surface area contributed by atoms with Crippen LogP contribution in [-0.4, -0.2) is 17.1 Å². The second kappa shape index (κ2) is 4.10. The van der Waals surface area contributed by atoms with Crippen LogP contribution in [0.15, 0.2) is 48.6 Å². The van der Waals surface area contributed by atoms with E-state index >= 15 is 0 Å². The summed E-state index contributed by atoms with van der Waals surface area (Å²) in [5, 5.41) is 15.1. The summed E-state index contributed by atoms with van der Waals surface area (Å²) in [6, 6.07) is 11.9. The van der Waals surface area contributed by atoms with Gasteiger partial charge in [0.1, 0.15) is 6.04 Å². The maximum Gasteiger partial charge on any atom is 0.326 e. The highest BCUT2D eigenvalue weighted by atomic mass is 16.4. The van der Waals surface area contributed by atoms with Crippen LogP contribution in [0.5, 0.6) is 0 Å². The highest BCUT2D eigenvalue weighted by Gasteiger charge is 2.41. The number of fused-ring (bicyclic) bond motifs is 5. The highest BCUT2D eigenvalue weighted by Crippen LogP contribution is 2.47. The van der Waals surface area contributed by atoms with Crippen molar-refractivity contribution in [2.75, 3.05) is 5.32 Å². The molecule has 3 atom stereocenters. The summed E-state index contributed by atoms with van der Waals surface area (Å²) in [5.41, 5.74) is 2.21. The van der Waals surface area contributed by atoms with Gasteiger partial charge in [0.2, 0.25) is 0 Å². The van der Waals surface area contributed by atoms with Crippen molar-refractivity contribution >= 4 is 22.4 Å². The quantitative estimate of drug-likeness (QED) is 0.777. The molecule has 1 heterocycles. The van der Waals surface area contributed by atoms with E-state index in [1.165, 1.54) is 16.3 Å². The summed E-state index contributed by atoms with van der Waals surface area (Å²) >= 11 is 0. The number of allylic oxidation sites excluding steroid dienone is 2. The Morgan fingerprint density at radius 1 is 1.20 bits per heavy atom. The summed E-state index contributed by atoms with van der Waals surface area (Å²) < 4.78 is 0. The van der Waals surface area contributed by atoms with Crippen molar-refractivity contribution in [2.45, 2.75) is 18.4 Å². The summed E-state index contributed by atoms with van der Waals surface area (Å²) in [4.78, 5) is 11.5. The number of nitrogens with one attached hydrogen (secondary N) is 1. The molecular weight excluding hydrogens is 250 g/mol. The molecule has 0 bridgehead atoms. The van der Waals surface area contributed by atoms with E-state index in [2.05, 4.69) is 35.7 Å². The third kappa shape index (κ3) is 1.49. The molecule has 1 aliphatic heterocycles. The van der Waals surface area contributed by atoms with Crippen LogP contribution < -0.4 is 5.32 Å². The van der Waals surface area contributed by atoms with Gasteiger partial charge in [-0.05, 0) is 28.8 Å². The summed E-state index contributed by atoms with van der Waals surface area (Å²) in [6.45, 7) is 0. The van der Waals surface area contributed by atoms with Gasteiger partial charge in [-0.15, -0.1) is 0 Å². The third-order valence-electron chi connectivity index (χ3n) is 4.52. The summed E-state index contributed by atoms with van der Waals surface area (Å²) in [7, 11) is 0. The molecular formula is C17H15NO2. The number of anilines is 1. The van der Waals surface area contributed by atoms with Crippen LogP contribution in [0.3, 0.4) is 0 Å². The molecule has 0 aromatic heterocycles. The Morgan fingerprint density at radius 3 is 2.90 bits per heavy atom. The predicted molar refractivity (Wildman–Crippen MR) is 79.0 cm³/mol. The van der Waals surface area contributed by atoms with Gasteiger partial charge in [-0.25, -0.2) is 4.79 Å². The topological polar surface area (TPSA) is 49.3 Å². The smallest absolute Gasteiger partial charge is 0.326 e. The number of carboxylic acids is 1. The van der Waals surface area contributed by atoms with Crippen molar-refractivity contribution in [1.29, 1.82) is 0 Å². The molecule has 0 spiro atoms. The summed E-state index contributed by atoms with van der Waals surface area (Å²) in [5.74, 6) is -0.438. The molecule has 2 aromatic rings. The van der Waals surface area contributed by atoms with Gasteiger partial charge in [-0.3, -0.25) is 0 Å². The van der Waals surface area contributed by atoms with Crippen molar-refractivity contribution in [1.82, 2.24) is 0 Å². The first-order valence-corrected chi connectivity index (χ1v) is 6.93. The molecule has 3 heteroatoms. The number of carboxylic acid groups (broad SMARTS) is 1. The molecule has 1 aliphatic carbocycles. The van der Waals surface area contributed by atoms with E-state index in [0.29, 0.717) is 0 Å². The monoisotopic (exact) mass is 265 g/mol. The second-order valence-corrected chi connectivity index (χ2v) is 5.56. The van der Waals surface area contributed by atoms with Crippen molar-refractivity contribution < 1.29 is 9.90 Å². The molecule has 0 unspecified atom stereocenters. The van der Waals surface area contributed by atoms with Gasteiger partial charge in [0.15, 0.2) is 0 Å². The van der Waals surface area contributed by atoms with Gasteiger partial charge >= 0.3 is 5.97 Å². The zero-order valence-corrected chi connectivity index (χ0v) is 10.9. The van der Waals surface area contributed by atoms with Crippen LogP contribution >= 0.6 is 0 Å². The minimum Gasteiger partial charge on any atom is -0.480 e. The standard InChI is InChI=1S/C17H15NO2/c19-17(20)16-13-7-3-6-12(13)15-11-5-2-1-4-10(11)8-9-14(15)18-16/h1-6,8-9,12-13,16,18H,7H2,(H,19,20)/t12-,13+,16+/m0/s1. The van der Waals surface area contributed by atoms with Crippen molar-refractivity contribution in [3.05, 3.63) is 54.1 Å². The van der Waals surface area contributed by atoms with Crippen LogP contribution in [0.2, 0.25) is 0 Å². The lowest BCUT2D eigenvalue weighted by Gasteiger charge is -2.35. The average Bonchev–Trinajstić information content (AvgIpc) is 2.94. The first-order chi connectivity index (χ1) is 9.75. The van der Waals surface area contributed by atoms with Crippen LogP contribution in [0.1, 0.15) is 17.9 Å². The van der Waals surface area contributed by atoms with Gasteiger partial charge < -0.3 is 10.4 Å².